The van der Waals surface area contributed by atoms with Gasteiger partial charge in [-0.1, -0.05) is 0 Å². The van der Waals surface area contributed by atoms with Crippen molar-refractivity contribution in [3.05, 3.63) is 30.1 Å². The van der Waals surface area contributed by atoms with Crippen molar-refractivity contribution in [1.82, 2.24) is 0 Å². The fourth-order valence-corrected chi connectivity index (χ4v) is 2.05. The molecule has 0 N–H and O–H groups in total. The molecule has 1 saturated heterocycles. The van der Waals surface area contributed by atoms with Gasteiger partial charge in [0, 0.05) is 0 Å². The third kappa shape index (κ3) is 3.52. The summed E-state index contributed by atoms with van der Waals surface area (Å²) in [5, 5.41) is 0. The summed E-state index contributed by atoms with van der Waals surface area (Å²) < 4.78 is 30.1. The number of hydrogen-bond acceptors (Lipinski definition) is 3. The van der Waals surface area contributed by atoms with Crippen LogP contribution in [0.2, 0.25) is 6.32 Å². The molecule has 3 nitrogen and oxygen atoms in total. The number of halogens is 1. The maximum absolute atomic E-state index is 12.7. The highest BCUT2D eigenvalue weighted by Crippen LogP contribution is 2.37. The van der Waals surface area contributed by atoms with Crippen LogP contribution in [0.25, 0.3) is 0 Å². The van der Waals surface area contributed by atoms with Gasteiger partial charge >= 0.3 is 7.12 Å². The van der Waals surface area contributed by atoms with Crippen molar-refractivity contribution in [2.24, 2.45) is 0 Å². The van der Waals surface area contributed by atoms with Crippen LogP contribution in [0, 0.1) is 5.82 Å². The van der Waals surface area contributed by atoms with E-state index in [9.17, 15) is 4.39 Å². The minimum Gasteiger partial charge on any atom is -0.494 e. The van der Waals surface area contributed by atoms with E-state index >= 15 is 0 Å². The Labute approximate surface area is 120 Å². The zero-order valence-corrected chi connectivity index (χ0v) is 12.6. The Bertz CT molecular complexity index is 429. The fourth-order valence-electron chi connectivity index (χ4n) is 2.05. The Kier molecular flexibility index (Phi) is 4.40. The standard InChI is InChI=1S/C15H22BFO3/c1-14(2)15(3,4)20-16(19-14)10-5-11-18-13-8-6-12(17)7-9-13/h6-9H,5,10-11H2,1-4H3. The van der Waals surface area contributed by atoms with Crippen molar-refractivity contribution in [1.29, 1.82) is 0 Å². The largest absolute Gasteiger partial charge is 0.494 e. The molecule has 2 rings (SSSR count). The lowest BCUT2D eigenvalue weighted by atomic mass is 9.83. The molecule has 0 unspecified atom stereocenters. The van der Waals surface area contributed by atoms with Crippen LogP contribution in [-0.2, 0) is 9.31 Å². The minimum atomic E-state index is -0.282. The summed E-state index contributed by atoms with van der Waals surface area (Å²) in [7, 11) is -0.184. The molecule has 1 aromatic carbocycles. The smallest absolute Gasteiger partial charge is 0.457 e. The molecule has 0 spiro atoms. The second-order valence-corrected chi connectivity index (χ2v) is 6.13. The lowest BCUT2D eigenvalue weighted by Gasteiger charge is -2.32. The van der Waals surface area contributed by atoms with E-state index in [0.29, 0.717) is 12.4 Å². The average molecular weight is 280 g/mol. The third-order valence-corrected chi connectivity index (χ3v) is 3.97. The van der Waals surface area contributed by atoms with E-state index in [4.69, 9.17) is 14.0 Å². The second kappa shape index (κ2) is 5.74. The molecule has 5 heteroatoms. The predicted octanol–water partition coefficient (Wildman–Crippen LogP) is 3.69. The minimum absolute atomic E-state index is 0.184. The lowest BCUT2D eigenvalue weighted by molar-refractivity contribution is 0.00578. The molecule has 0 radical (unpaired) electrons. The van der Waals surface area contributed by atoms with E-state index in [1.54, 1.807) is 12.1 Å². The Balaban J connectivity index is 1.71. The molecule has 0 aliphatic carbocycles. The lowest BCUT2D eigenvalue weighted by Crippen LogP contribution is -2.41. The maximum Gasteiger partial charge on any atom is 0.457 e. The third-order valence-electron chi connectivity index (χ3n) is 3.97. The quantitative estimate of drug-likeness (QED) is 0.608. The Morgan fingerprint density at radius 2 is 1.60 bits per heavy atom. The van der Waals surface area contributed by atoms with Crippen LogP contribution in [-0.4, -0.2) is 24.9 Å². The first-order valence-electron chi connectivity index (χ1n) is 7.04. The molecule has 1 fully saturated rings. The summed E-state index contributed by atoms with van der Waals surface area (Å²) in [6, 6.07) is 6.04. The molecule has 1 aromatic rings. The average Bonchev–Trinajstić information content (AvgIpc) is 2.56. The molecule has 0 saturated carbocycles. The molecule has 1 aliphatic rings. The van der Waals surface area contributed by atoms with Crippen LogP contribution in [0.3, 0.4) is 0 Å². The molecule has 0 bridgehead atoms. The maximum atomic E-state index is 12.7. The van der Waals surface area contributed by atoms with E-state index in [0.717, 1.165) is 12.7 Å². The molecule has 1 heterocycles. The van der Waals surface area contributed by atoms with Gasteiger partial charge in [0.25, 0.3) is 0 Å². The predicted molar refractivity (Wildman–Crippen MR) is 77.4 cm³/mol. The topological polar surface area (TPSA) is 27.7 Å². The Morgan fingerprint density at radius 3 is 2.15 bits per heavy atom. The van der Waals surface area contributed by atoms with Crippen molar-refractivity contribution in [2.45, 2.75) is 51.6 Å². The van der Waals surface area contributed by atoms with Crippen molar-refractivity contribution in [3.63, 3.8) is 0 Å². The van der Waals surface area contributed by atoms with E-state index in [2.05, 4.69) is 0 Å². The van der Waals surface area contributed by atoms with Crippen molar-refractivity contribution in [2.75, 3.05) is 6.61 Å². The van der Waals surface area contributed by atoms with Crippen LogP contribution >= 0.6 is 0 Å². The van der Waals surface area contributed by atoms with Crippen LogP contribution in [0.5, 0.6) is 5.75 Å². The van der Waals surface area contributed by atoms with Gasteiger partial charge in [-0.15, -0.1) is 0 Å². The van der Waals surface area contributed by atoms with Crippen LogP contribution in [0.15, 0.2) is 24.3 Å². The van der Waals surface area contributed by atoms with Gasteiger partial charge in [-0.05, 0) is 64.7 Å². The second-order valence-electron chi connectivity index (χ2n) is 6.13. The van der Waals surface area contributed by atoms with Gasteiger partial charge < -0.3 is 14.0 Å². The number of hydrogen-bond donors (Lipinski definition) is 0. The summed E-state index contributed by atoms with van der Waals surface area (Å²) in [5.74, 6) is 0.426. The zero-order valence-electron chi connectivity index (χ0n) is 12.6. The Hall–Kier alpha value is -1.07. The van der Waals surface area contributed by atoms with Gasteiger partial charge in [-0.3, -0.25) is 0 Å². The monoisotopic (exact) mass is 280 g/mol. The fraction of sp³-hybridized carbons (Fsp3) is 0.600. The molecule has 0 amide bonds. The zero-order chi connectivity index (χ0) is 14.8. The highest BCUT2D eigenvalue weighted by molar-refractivity contribution is 6.45. The molecule has 1 aliphatic heterocycles. The van der Waals surface area contributed by atoms with E-state index in [1.807, 2.05) is 27.7 Å². The first-order chi connectivity index (χ1) is 9.30. The molecule has 0 aromatic heterocycles. The van der Waals surface area contributed by atoms with Gasteiger partial charge in [-0.2, -0.15) is 0 Å². The normalized spacial score (nSPS) is 20.1. The first-order valence-corrected chi connectivity index (χ1v) is 7.04. The van der Waals surface area contributed by atoms with Gasteiger partial charge in [-0.25, -0.2) is 4.39 Å². The summed E-state index contributed by atoms with van der Waals surface area (Å²) in [6.45, 7) is 8.74. The van der Waals surface area contributed by atoms with E-state index in [-0.39, 0.29) is 24.1 Å². The number of rotatable bonds is 5. The molecule has 0 atom stereocenters. The summed E-state index contributed by atoms with van der Waals surface area (Å²) in [4.78, 5) is 0. The summed E-state index contributed by atoms with van der Waals surface area (Å²) in [5.41, 5.74) is -0.565. The Morgan fingerprint density at radius 1 is 1.05 bits per heavy atom. The van der Waals surface area contributed by atoms with E-state index < -0.39 is 0 Å². The molecule has 110 valence electrons. The molecular weight excluding hydrogens is 258 g/mol. The molecule has 20 heavy (non-hydrogen) atoms. The van der Waals surface area contributed by atoms with Crippen molar-refractivity contribution < 1.29 is 18.4 Å². The highest BCUT2D eigenvalue weighted by Gasteiger charge is 2.50. The van der Waals surface area contributed by atoms with Crippen LogP contribution < -0.4 is 4.74 Å². The SMILES string of the molecule is CC1(C)OB(CCCOc2ccc(F)cc2)OC1(C)C. The van der Waals surface area contributed by atoms with Crippen molar-refractivity contribution in [3.8, 4) is 5.75 Å². The van der Waals surface area contributed by atoms with Gasteiger partial charge in [0.1, 0.15) is 11.6 Å². The molecular formula is C15H22BFO3. The van der Waals surface area contributed by atoms with Crippen molar-refractivity contribution >= 4 is 7.12 Å². The summed E-state index contributed by atoms with van der Waals surface area (Å²) >= 11 is 0. The summed E-state index contributed by atoms with van der Waals surface area (Å²) in [6.07, 6.45) is 1.61. The van der Waals surface area contributed by atoms with Gasteiger partial charge in [0.2, 0.25) is 0 Å². The van der Waals surface area contributed by atoms with Gasteiger partial charge in [0.05, 0.1) is 17.8 Å². The highest BCUT2D eigenvalue weighted by atomic mass is 19.1. The van der Waals surface area contributed by atoms with Crippen LogP contribution in [0.4, 0.5) is 4.39 Å². The first kappa shape index (κ1) is 15.3. The number of ether oxygens (including phenoxy) is 1. The number of benzene rings is 1. The van der Waals surface area contributed by atoms with E-state index in [1.165, 1.54) is 12.1 Å². The van der Waals surface area contributed by atoms with Crippen LogP contribution in [0.1, 0.15) is 34.1 Å². The van der Waals surface area contributed by atoms with Gasteiger partial charge in [0.15, 0.2) is 0 Å².